The number of nitrogens with zero attached hydrogens (tertiary/aromatic N) is 4. The molecule has 0 heterocycles. The van der Waals surface area contributed by atoms with Gasteiger partial charge in [-0.15, -0.1) is 0 Å². The fraction of sp³-hybridized carbons (Fsp3) is 0.333. The van der Waals surface area contributed by atoms with Gasteiger partial charge in [-0.25, -0.2) is 4.79 Å². The minimum Gasteiger partial charge on any atom is -0.477 e. The number of benzene rings is 2. The number of aldehydes is 1. The maximum absolute atomic E-state index is 13.5. The number of carbonyl (C=O) groups excluding carboxylic acids is 3. The Balaban J connectivity index is 0.00000299. The fourth-order valence-electron chi connectivity index (χ4n) is 3.60. The minimum atomic E-state index is -1.25. The Kier molecular flexibility index (Phi) is 17.3. The number of carboxylic acids is 1. The average Bonchev–Trinajstić information content (AvgIpc) is 2.95. The van der Waals surface area contributed by atoms with Crippen molar-refractivity contribution in [1.29, 1.82) is 5.26 Å². The Morgan fingerprint density at radius 3 is 2.00 bits per heavy atom. The van der Waals surface area contributed by atoms with Crippen LogP contribution in [0.15, 0.2) is 59.6 Å². The van der Waals surface area contributed by atoms with E-state index < -0.39 is 23.7 Å². The lowest BCUT2D eigenvalue weighted by atomic mass is 9.85. The molecule has 0 saturated carbocycles. The predicted octanol–water partition coefficient (Wildman–Crippen LogP) is 5.65. The maximum atomic E-state index is 13.5. The van der Waals surface area contributed by atoms with Crippen molar-refractivity contribution in [1.82, 2.24) is 4.90 Å². The van der Waals surface area contributed by atoms with Gasteiger partial charge in [-0.3, -0.25) is 14.6 Å². The molecular weight excluding hydrogens is 567 g/mol. The van der Waals surface area contributed by atoms with Crippen molar-refractivity contribution in [2.75, 3.05) is 32.6 Å². The Morgan fingerprint density at radius 1 is 1.05 bits per heavy atom. The summed E-state index contributed by atoms with van der Waals surface area (Å²) in [6, 6.07) is 13.7. The Bertz CT molecular complexity index is 1270. The van der Waals surface area contributed by atoms with E-state index in [2.05, 4.69) is 11.1 Å². The number of nitriles is 1. The van der Waals surface area contributed by atoms with Gasteiger partial charge in [0.25, 0.3) is 0 Å². The van der Waals surface area contributed by atoms with E-state index in [9.17, 15) is 14.4 Å². The summed E-state index contributed by atoms with van der Waals surface area (Å²) in [5, 5.41) is 19.0. The number of hydrogen-bond donors (Lipinski definition) is 1. The van der Waals surface area contributed by atoms with Crippen LogP contribution in [0.5, 0.6) is 0 Å². The zero-order chi connectivity index (χ0) is 31.7. The molecule has 0 aliphatic carbocycles. The van der Waals surface area contributed by atoms with Crippen LogP contribution in [0.25, 0.3) is 0 Å². The molecule has 0 aliphatic heterocycles. The molecule has 2 atom stereocenters. The SMILES string of the molecule is CC.CC=O.CN=C(/C=C/C(=O)N(C)CC(c1ccc(C#N)cc1)C(C)C(=O)N(C)c1cc(Cl)cc(Cl)c1)C(=O)O. The van der Waals surface area contributed by atoms with E-state index >= 15 is 0 Å². The maximum Gasteiger partial charge on any atom is 0.354 e. The minimum absolute atomic E-state index is 0.151. The Morgan fingerprint density at radius 2 is 1.56 bits per heavy atom. The van der Waals surface area contributed by atoms with Crippen LogP contribution in [0.4, 0.5) is 5.69 Å². The first-order valence-electron chi connectivity index (χ1n) is 12.7. The van der Waals surface area contributed by atoms with Crippen LogP contribution in [0, 0.1) is 17.2 Å². The number of halogens is 2. The summed E-state index contributed by atoms with van der Waals surface area (Å²) in [5.74, 6) is -2.96. The molecule has 0 saturated heterocycles. The van der Waals surface area contributed by atoms with Gasteiger partial charge in [0.2, 0.25) is 11.8 Å². The van der Waals surface area contributed by atoms with E-state index in [0.29, 0.717) is 21.3 Å². The number of likely N-dealkylation sites (N-methyl/N-ethyl adjacent to an activating group) is 1. The second-order valence-electron chi connectivity index (χ2n) is 8.36. The molecule has 0 aromatic heterocycles. The van der Waals surface area contributed by atoms with Gasteiger partial charge < -0.3 is 19.7 Å². The summed E-state index contributed by atoms with van der Waals surface area (Å²) in [4.78, 5) is 52.6. The molecule has 2 aromatic carbocycles. The third-order valence-electron chi connectivity index (χ3n) is 5.72. The number of rotatable bonds is 9. The van der Waals surface area contributed by atoms with Crippen molar-refractivity contribution in [2.24, 2.45) is 10.9 Å². The predicted molar refractivity (Wildman–Crippen MR) is 164 cm³/mol. The van der Waals surface area contributed by atoms with Crippen molar-refractivity contribution in [2.45, 2.75) is 33.6 Å². The van der Waals surface area contributed by atoms with Crippen molar-refractivity contribution in [3.05, 3.63) is 75.8 Å². The van der Waals surface area contributed by atoms with E-state index in [-0.39, 0.29) is 18.2 Å². The summed E-state index contributed by atoms with van der Waals surface area (Å²) < 4.78 is 0. The number of anilines is 1. The number of amides is 2. The standard InChI is InChI=1S/C26H26Cl2N4O4.C2H4O.C2H6/c1-16(25(34)32(4)21-12-19(27)11-20(28)13-21)22(18-7-5-17(14-29)6-8-18)15-31(3)24(33)10-9-23(30-2)26(35)36;1-2-3;1-2/h5-13,16,22H,15H2,1-4H3,(H,35,36);2H,1H3;1-2H3/b10-9+,30-23?;;. The highest BCUT2D eigenvalue weighted by Crippen LogP contribution is 2.31. The monoisotopic (exact) mass is 602 g/mol. The molecule has 0 bridgehead atoms. The number of aliphatic carboxylic acids is 1. The topological polar surface area (TPSA) is 131 Å². The van der Waals surface area contributed by atoms with Gasteiger partial charge in [0.05, 0.1) is 11.6 Å². The Hall–Kier alpha value is -4.00. The van der Waals surface area contributed by atoms with Crippen molar-refractivity contribution in [3.63, 3.8) is 0 Å². The summed E-state index contributed by atoms with van der Waals surface area (Å²) in [5.41, 5.74) is 1.49. The molecule has 0 radical (unpaired) electrons. The van der Waals surface area contributed by atoms with Gasteiger partial charge in [0.15, 0.2) is 0 Å². The Labute approximate surface area is 251 Å². The van der Waals surface area contributed by atoms with Crippen LogP contribution in [-0.2, 0) is 19.2 Å². The second-order valence-corrected chi connectivity index (χ2v) is 9.23. The van der Waals surface area contributed by atoms with Gasteiger partial charge >= 0.3 is 5.97 Å². The van der Waals surface area contributed by atoms with Crippen molar-refractivity contribution in [3.8, 4) is 6.07 Å². The van der Waals surface area contributed by atoms with E-state index in [4.69, 9.17) is 38.4 Å². The molecule has 220 valence electrons. The van der Waals surface area contributed by atoms with Crippen molar-refractivity contribution < 1.29 is 24.3 Å². The zero-order valence-corrected chi connectivity index (χ0v) is 25.8. The van der Waals surface area contributed by atoms with Crippen LogP contribution in [0.2, 0.25) is 10.0 Å². The molecule has 2 amide bonds. The van der Waals surface area contributed by atoms with Crippen LogP contribution < -0.4 is 4.90 Å². The third-order valence-corrected chi connectivity index (χ3v) is 6.15. The summed E-state index contributed by atoms with van der Waals surface area (Å²) >= 11 is 12.2. The lowest BCUT2D eigenvalue weighted by Crippen LogP contribution is -2.39. The number of hydrogen-bond acceptors (Lipinski definition) is 6. The lowest BCUT2D eigenvalue weighted by Gasteiger charge is -2.31. The first-order chi connectivity index (χ1) is 19.4. The van der Waals surface area contributed by atoms with E-state index in [0.717, 1.165) is 24.0 Å². The summed E-state index contributed by atoms with van der Waals surface area (Å²) in [6.07, 6.45) is 3.00. The first kappa shape index (κ1) is 37.0. The van der Waals surface area contributed by atoms with Gasteiger partial charge in [-0.1, -0.05) is 56.1 Å². The molecule has 0 fully saturated rings. The largest absolute Gasteiger partial charge is 0.477 e. The third kappa shape index (κ3) is 12.0. The molecule has 0 aliphatic rings. The number of carbonyl (C=O) groups is 4. The highest BCUT2D eigenvalue weighted by atomic mass is 35.5. The van der Waals surface area contributed by atoms with Crippen LogP contribution in [0.1, 0.15) is 44.7 Å². The number of carboxylic acid groups (broad SMARTS) is 1. The highest BCUT2D eigenvalue weighted by molar-refractivity contribution is 6.40. The summed E-state index contributed by atoms with van der Waals surface area (Å²) in [7, 11) is 4.50. The quantitative estimate of drug-likeness (QED) is 0.224. The average molecular weight is 604 g/mol. The fourth-order valence-corrected chi connectivity index (χ4v) is 4.11. The molecule has 2 unspecified atom stereocenters. The normalized spacial score (nSPS) is 12.0. The first-order valence-corrected chi connectivity index (χ1v) is 13.4. The number of aliphatic imine (C=N–C) groups is 1. The van der Waals surface area contributed by atoms with E-state index in [1.165, 1.54) is 23.8 Å². The molecule has 11 heteroatoms. The smallest absolute Gasteiger partial charge is 0.354 e. The van der Waals surface area contributed by atoms with Crippen LogP contribution >= 0.6 is 23.2 Å². The van der Waals surface area contributed by atoms with Crippen LogP contribution in [-0.4, -0.2) is 67.5 Å². The molecule has 1 N–H and O–H groups in total. The molecule has 0 spiro atoms. The van der Waals surface area contributed by atoms with Gasteiger partial charge in [-0.2, -0.15) is 5.26 Å². The van der Waals surface area contributed by atoms with E-state index in [1.54, 1.807) is 63.5 Å². The molecule has 41 heavy (non-hydrogen) atoms. The summed E-state index contributed by atoms with van der Waals surface area (Å²) in [6.45, 7) is 7.35. The van der Waals surface area contributed by atoms with Crippen LogP contribution in [0.3, 0.4) is 0 Å². The van der Waals surface area contributed by atoms with Crippen molar-refractivity contribution >= 4 is 58.7 Å². The lowest BCUT2D eigenvalue weighted by molar-refractivity contribution is -0.129. The molecule has 9 nitrogen and oxygen atoms in total. The van der Waals surface area contributed by atoms with Gasteiger partial charge in [0.1, 0.15) is 12.0 Å². The second kappa shape index (κ2) is 19.1. The molecule has 2 aromatic rings. The van der Waals surface area contributed by atoms with E-state index in [1.807, 2.05) is 13.8 Å². The zero-order valence-electron chi connectivity index (χ0n) is 24.3. The van der Waals surface area contributed by atoms with Gasteiger partial charge in [0, 0.05) is 61.3 Å². The highest BCUT2D eigenvalue weighted by Gasteiger charge is 2.30. The molecule has 2 rings (SSSR count). The van der Waals surface area contributed by atoms with Gasteiger partial charge in [-0.05, 0) is 48.9 Å². The molecular formula is C30H36Cl2N4O5.